The van der Waals surface area contributed by atoms with Crippen LogP contribution in [0.4, 0.5) is 11.4 Å². The van der Waals surface area contributed by atoms with Crippen LogP contribution >= 0.6 is 23.8 Å². The van der Waals surface area contributed by atoms with Gasteiger partial charge in [-0.15, -0.1) is 0 Å². The maximum Gasteiger partial charge on any atom is 0.173 e. The first-order valence-corrected chi connectivity index (χ1v) is 8.79. The molecule has 7 heteroatoms. The molecule has 3 rings (SSSR count). The molecule has 2 N–H and O–H groups in total. The minimum atomic E-state index is 0.281. The highest BCUT2D eigenvalue weighted by atomic mass is 35.5. The molecular weight excluding hydrogens is 358 g/mol. The molecule has 2 aromatic rings. The lowest BCUT2D eigenvalue weighted by atomic mass is 10.2. The van der Waals surface area contributed by atoms with Crippen molar-refractivity contribution in [3.05, 3.63) is 47.5 Å². The highest BCUT2D eigenvalue weighted by Crippen LogP contribution is 2.28. The highest BCUT2D eigenvalue weighted by Gasteiger charge is 2.20. The third-order valence-corrected chi connectivity index (χ3v) is 4.78. The third-order valence-electron chi connectivity index (χ3n) is 4.18. The van der Waals surface area contributed by atoms with Gasteiger partial charge in [-0.05, 0) is 54.7 Å². The zero-order valence-corrected chi connectivity index (χ0v) is 15.5. The van der Waals surface area contributed by atoms with E-state index in [1.807, 2.05) is 18.2 Å². The van der Waals surface area contributed by atoms with Crippen molar-refractivity contribution in [1.29, 1.82) is 0 Å². The second-order valence-electron chi connectivity index (χ2n) is 5.77. The Morgan fingerprint density at radius 3 is 2.44 bits per heavy atom. The number of phenols is 1. The lowest BCUT2D eigenvalue weighted by Gasteiger charge is -2.37. The molecule has 1 heterocycles. The number of phenolic OH excluding ortho intramolecular Hbond substituents is 1. The fourth-order valence-corrected chi connectivity index (χ4v) is 3.27. The van der Waals surface area contributed by atoms with E-state index in [4.69, 9.17) is 28.6 Å². The summed E-state index contributed by atoms with van der Waals surface area (Å²) in [4.78, 5) is 4.41. The maximum absolute atomic E-state index is 9.40. The number of nitrogens with zero attached hydrogens (tertiary/aromatic N) is 2. The molecule has 132 valence electrons. The normalized spacial score (nSPS) is 14.3. The largest absolute Gasteiger partial charge is 0.508 e. The highest BCUT2D eigenvalue weighted by molar-refractivity contribution is 7.80. The number of hydrogen-bond donors (Lipinski definition) is 2. The zero-order valence-electron chi connectivity index (χ0n) is 13.9. The number of halogens is 1. The molecule has 1 aliphatic heterocycles. The van der Waals surface area contributed by atoms with Crippen LogP contribution < -0.4 is 15.0 Å². The number of aromatic hydroxyl groups is 1. The van der Waals surface area contributed by atoms with Crippen molar-refractivity contribution >= 4 is 40.3 Å². The van der Waals surface area contributed by atoms with E-state index in [0.29, 0.717) is 15.9 Å². The van der Waals surface area contributed by atoms with Gasteiger partial charge >= 0.3 is 0 Å². The Labute approximate surface area is 157 Å². The molecule has 0 saturated carbocycles. The van der Waals surface area contributed by atoms with Crippen molar-refractivity contribution < 1.29 is 9.84 Å². The van der Waals surface area contributed by atoms with Gasteiger partial charge in [0.1, 0.15) is 11.5 Å². The molecule has 1 saturated heterocycles. The molecule has 2 aromatic carbocycles. The summed E-state index contributed by atoms with van der Waals surface area (Å²) in [7, 11) is 1.62. The lowest BCUT2D eigenvalue weighted by molar-refractivity contribution is 0.390. The molecule has 25 heavy (non-hydrogen) atoms. The molecule has 0 spiro atoms. The average molecular weight is 378 g/mol. The summed E-state index contributed by atoms with van der Waals surface area (Å²) in [6.07, 6.45) is 0. The number of ether oxygens (including phenoxy) is 1. The summed E-state index contributed by atoms with van der Waals surface area (Å²) in [6.45, 7) is 3.35. The van der Waals surface area contributed by atoms with Crippen LogP contribution in [0.3, 0.4) is 0 Å². The molecule has 0 unspecified atom stereocenters. The van der Waals surface area contributed by atoms with E-state index < -0.39 is 0 Å². The number of benzene rings is 2. The van der Waals surface area contributed by atoms with Crippen molar-refractivity contribution in [2.24, 2.45) is 0 Å². The van der Waals surface area contributed by atoms with Crippen LogP contribution in [-0.2, 0) is 0 Å². The number of rotatable bonds is 3. The molecule has 5 nitrogen and oxygen atoms in total. The fraction of sp³-hybridized carbons (Fsp3) is 0.278. The smallest absolute Gasteiger partial charge is 0.173 e. The Kier molecular flexibility index (Phi) is 5.50. The fourth-order valence-electron chi connectivity index (χ4n) is 2.80. The first kappa shape index (κ1) is 17.6. The number of thiocarbonyl (C=S) groups is 1. The van der Waals surface area contributed by atoms with E-state index in [-0.39, 0.29) is 5.75 Å². The standard InChI is InChI=1S/C18H20ClN3O2S/c1-24-17-7-2-13(19)12-16(17)20-18(25)22-10-8-21(9-11-22)14-3-5-15(23)6-4-14/h2-7,12,23H,8-11H2,1H3,(H,20,25). The molecule has 0 radical (unpaired) electrons. The van der Waals surface area contributed by atoms with Gasteiger partial charge in [0, 0.05) is 36.9 Å². The van der Waals surface area contributed by atoms with E-state index in [0.717, 1.165) is 37.6 Å². The zero-order chi connectivity index (χ0) is 17.8. The Morgan fingerprint density at radius 2 is 1.80 bits per heavy atom. The van der Waals surface area contributed by atoms with E-state index in [1.54, 1.807) is 31.4 Å². The summed E-state index contributed by atoms with van der Waals surface area (Å²) in [5, 5.41) is 13.9. The van der Waals surface area contributed by atoms with E-state index in [9.17, 15) is 5.11 Å². The number of nitrogens with one attached hydrogen (secondary N) is 1. The molecule has 0 bridgehead atoms. The predicted molar refractivity (Wildman–Crippen MR) is 106 cm³/mol. The summed E-state index contributed by atoms with van der Waals surface area (Å²) in [6, 6.07) is 12.7. The molecule has 0 aromatic heterocycles. The SMILES string of the molecule is COc1ccc(Cl)cc1NC(=S)N1CCN(c2ccc(O)cc2)CC1. The molecule has 0 aliphatic carbocycles. The van der Waals surface area contributed by atoms with Crippen molar-refractivity contribution in [1.82, 2.24) is 4.90 Å². The number of piperazine rings is 1. The Morgan fingerprint density at radius 1 is 1.12 bits per heavy atom. The maximum atomic E-state index is 9.40. The van der Waals surface area contributed by atoms with Crippen molar-refractivity contribution in [3.63, 3.8) is 0 Å². The predicted octanol–water partition coefficient (Wildman–Crippen LogP) is 3.57. The summed E-state index contributed by atoms with van der Waals surface area (Å²) in [5.74, 6) is 0.984. The number of hydrogen-bond acceptors (Lipinski definition) is 4. The van der Waals surface area contributed by atoms with Gasteiger partial charge in [-0.2, -0.15) is 0 Å². The van der Waals surface area contributed by atoms with Crippen LogP contribution in [0.15, 0.2) is 42.5 Å². The first-order chi connectivity index (χ1) is 12.1. The minimum Gasteiger partial charge on any atom is -0.508 e. The third kappa shape index (κ3) is 4.27. The molecule has 1 aliphatic rings. The topological polar surface area (TPSA) is 48.0 Å². The second-order valence-corrected chi connectivity index (χ2v) is 6.59. The molecule has 0 atom stereocenters. The Bertz CT molecular complexity index is 746. The Hall–Kier alpha value is -2.18. The van der Waals surface area contributed by atoms with E-state index in [1.165, 1.54) is 0 Å². The summed E-state index contributed by atoms with van der Waals surface area (Å²) < 4.78 is 5.35. The van der Waals surface area contributed by atoms with Crippen LogP contribution in [-0.4, -0.2) is 48.4 Å². The number of methoxy groups -OCH3 is 1. The minimum absolute atomic E-state index is 0.281. The molecule has 1 fully saturated rings. The van der Waals surface area contributed by atoms with Gasteiger partial charge in [0.05, 0.1) is 12.8 Å². The monoisotopic (exact) mass is 377 g/mol. The Balaban J connectivity index is 1.60. The van der Waals surface area contributed by atoms with Gasteiger partial charge in [0.25, 0.3) is 0 Å². The van der Waals surface area contributed by atoms with Crippen molar-refractivity contribution in [2.75, 3.05) is 43.5 Å². The van der Waals surface area contributed by atoms with Gasteiger partial charge in [-0.3, -0.25) is 0 Å². The van der Waals surface area contributed by atoms with Crippen LogP contribution in [0.2, 0.25) is 5.02 Å². The second kappa shape index (κ2) is 7.80. The lowest BCUT2D eigenvalue weighted by Crippen LogP contribution is -2.50. The van der Waals surface area contributed by atoms with Gasteiger partial charge in [0.15, 0.2) is 5.11 Å². The van der Waals surface area contributed by atoms with Gasteiger partial charge < -0.3 is 25.0 Å². The molecule has 0 amide bonds. The van der Waals surface area contributed by atoms with E-state index >= 15 is 0 Å². The van der Waals surface area contributed by atoms with Gasteiger partial charge in [-0.25, -0.2) is 0 Å². The van der Waals surface area contributed by atoms with Crippen LogP contribution in [0.1, 0.15) is 0 Å². The van der Waals surface area contributed by atoms with Crippen LogP contribution in [0.25, 0.3) is 0 Å². The number of anilines is 2. The first-order valence-electron chi connectivity index (χ1n) is 8.00. The van der Waals surface area contributed by atoms with Gasteiger partial charge in [0.2, 0.25) is 0 Å². The average Bonchev–Trinajstić information content (AvgIpc) is 2.63. The van der Waals surface area contributed by atoms with Crippen molar-refractivity contribution in [2.45, 2.75) is 0 Å². The van der Waals surface area contributed by atoms with E-state index in [2.05, 4.69) is 15.1 Å². The summed E-state index contributed by atoms with van der Waals surface area (Å²) in [5.41, 5.74) is 1.87. The van der Waals surface area contributed by atoms with Crippen LogP contribution in [0, 0.1) is 0 Å². The van der Waals surface area contributed by atoms with Crippen LogP contribution in [0.5, 0.6) is 11.5 Å². The summed E-state index contributed by atoms with van der Waals surface area (Å²) >= 11 is 11.6. The molecular formula is C18H20ClN3O2S. The van der Waals surface area contributed by atoms with Crippen molar-refractivity contribution in [3.8, 4) is 11.5 Å². The quantitative estimate of drug-likeness (QED) is 0.797. The van der Waals surface area contributed by atoms with Gasteiger partial charge in [-0.1, -0.05) is 11.6 Å².